The van der Waals surface area contributed by atoms with Gasteiger partial charge in [-0.3, -0.25) is 0 Å². The second kappa shape index (κ2) is 6.76. The summed E-state index contributed by atoms with van der Waals surface area (Å²) in [4.78, 5) is 11.2. The van der Waals surface area contributed by atoms with Crippen molar-refractivity contribution in [3.63, 3.8) is 0 Å². The monoisotopic (exact) mass is 404 g/mol. The molecular weight excluding hydrogens is 388 g/mol. The van der Waals surface area contributed by atoms with Crippen LogP contribution in [0.5, 0.6) is 17.4 Å². The zero-order valence-electron chi connectivity index (χ0n) is 14.0. The van der Waals surface area contributed by atoms with Crippen LogP contribution < -0.4 is 9.47 Å². The number of benzene rings is 2. The van der Waals surface area contributed by atoms with Gasteiger partial charge in [0.25, 0.3) is 0 Å². The maximum Gasteiger partial charge on any atom is 0.222 e. The molecule has 0 aliphatic rings. The predicted molar refractivity (Wildman–Crippen MR) is 100 cm³/mol. The van der Waals surface area contributed by atoms with E-state index in [9.17, 15) is 10.0 Å². The third kappa shape index (κ3) is 2.95. The van der Waals surface area contributed by atoms with Gasteiger partial charge in [-0.1, -0.05) is 22.0 Å². The molecule has 7 heteroatoms. The molecule has 0 aliphatic heterocycles. The Morgan fingerprint density at radius 1 is 1.16 bits per heavy atom. The lowest BCUT2D eigenvalue weighted by atomic mass is 10.1. The molecule has 0 bridgehead atoms. The van der Waals surface area contributed by atoms with Gasteiger partial charge in [0, 0.05) is 9.86 Å². The highest BCUT2D eigenvalue weighted by molar-refractivity contribution is 9.10. The molecule has 6 nitrogen and oxygen atoms in total. The third-order valence-electron chi connectivity index (χ3n) is 4.14. The summed E-state index contributed by atoms with van der Waals surface area (Å²) in [6.45, 7) is 2.28. The molecule has 3 rings (SSSR count). The molecule has 1 N–H and O–H groups in total. The van der Waals surface area contributed by atoms with Crippen molar-refractivity contribution in [2.75, 3.05) is 14.2 Å². The van der Waals surface area contributed by atoms with Crippen molar-refractivity contribution in [3.8, 4) is 17.4 Å². The Morgan fingerprint density at radius 3 is 2.52 bits per heavy atom. The minimum Gasteiger partial charge on any atom is -0.493 e. The molecule has 2 aromatic carbocycles. The average Bonchev–Trinajstić information content (AvgIpc) is 2.86. The second-order valence-electron chi connectivity index (χ2n) is 5.66. The first-order valence-corrected chi connectivity index (χ1v) is 8.35. The van der Waals surface area contributed by atoms with Gasteiger partial charge in [0.15, 0.2) is 17.2 Å². The number of rotatable bonds is 5. The Balaban J connectivity index is 2.17. The number of ether oxygens (including phenoxy) is 2. The summed E-state index contributed by atoms with van der Waals surface area (Å²) in [7, 11) is 3.15. The third-order valence-corrected chi connectivity index (χ3v) is 4.60. The van der Waals surface area contributed by atoms with Crippen LogP contribution in [0.1, 0.15) is 11.1 Å². The first-order valence-electron chi connectivity index (χ1n) is 7.55. The smallest absolute Gasteiger partial charge is 0.222 e. The van der Waals surface area contributed by atoms with Crippen molar-refractivity contribution in [2.45, 2.75) is 13.5 Å². The molecule has 0 unspecified atom stereocenters. The number of nitroso groups, excluding NO2 is 1. The van der Waals surface area contributed by atoms with Crippen LogP contribution in [-0.4, -0.2) is 23.9 Å². The Kier molecular flexibility index (Phi) is 4.67. The number of nitrogens with zero attached hydrogens (tertiary/aromatic N) is 2. The van der Waals surface area contributed by atoms with Gasteiger partial charge in [-0.2, -0.15) is 0 Å². The highest BCUT2D eigenvalue weighted by Crippen LogP contribution is 2.42. The number of hydrogen-bond acceptors (Lipinski definition) is 5. The van der Waals surface area contributed by atoms with Gasteiger partial charge in [0.2, 0.25) is 5.88 Å². The molecule has 0 spiro atoms. The maximum absolute atomic E-state index is 11.2. The van der Waals surface area contributed by atoms with Gasteiger partial charge < -0.3 is 19.1 Å². The molecule has 0 fully saturated rings. The molecule has 0 atom stereocenters. The number of aromatic hydroxyl groups is 1. The lowest BCUT2D eigenvalue weighted by Gasteiger charge is -2.12. The molecule has 0 radical (unpaired) electrons. The normalized spacial score (nSPS) is 10.9. The van der Waals surface area contributed by atoms with Crippen LogP contribution in [0.4, 0.5) is 5.69 Å². The zero-order chi connectivity index (χ0) is 18.1. The van der Waals surface area contributed by atoms with E-state index in [4.69, 9.17) is 9.47 Å². The first-order chi connectivity index (χ1) is 12.0. The van der Waals surface area contributed by atoms with E-state index >= 15 is 0 Å². The molecule has 3 aromatic rings. The number of aryl methyl sites for hydroxylation is 1. The van der Waals surface area contributed by atoms with Crippen LogP contribution in [0.25, 0.3) is 10.9 Å². The van der Waals surface area contributed by atoms with Crippen LogP contribution in [-0.2, 0) is 6.54 Å². The van der Waals surface area contributed by atoms with E-state index in [-0.39, 0.29) is 11.6 Å². The Morgan fingerprint density at radius 2 is 1.88 bits per heavy atom. The van der Waals surface area contributed by atoms with Crippen molar-refractivity contribution < 1.29 is 14.6 Å². The summed E-state index contributed by atoms with van der Waals surface area (Å²) in [5.74, 6) is 1.08. The minimum atomic E-state index is -0.152. The summed E-state index contributed by atoms with van der Waals surface area (Å²) < 4.78 is 13.1. The summed E-state index contributed by atoms with van der Waals surface area (Å²) in [5.41, 5.74) is 2.63. The second-order valence-corrected chi connectivity index (χ2v) is 6.57. The van der Waals surface area contributed by atoms with Crippen LogP contribution in [0.2, 0.25) is 0 Å². The lowest BCUT2D eigenvalue weighted by molar-refractivity contribution is 0.354. The van der Waals surface area contributed by atoms with Crippen molar-refractivity contribution in [2.24, 2.45) is 5.18 Å². The molecular formula is C18H17BrN2O4. The molecule has 25 heavy (non-hydrogen) atoms. The van der Waals surface area contributed by atoms with Gasteiger partial charge >= 0.3 is 0 Å². The highest BCUT2D eigenvalue weighted by atomic mass is 79.9. The Bertz CT molecular complexity index is 966. The number of fused-ring (bicyclic) bond motifs is 1. The molecule has 1 aromatic heterocycles. The number of halogens is 1. The van der Waals surface area contributed by atoms with Gasteiger partial charge in [-0.25, -0.2) is 0 Å². The van der Waals surface area contributed by atoms with Gasteiger partial charge in [-0.15, -0.1) is 4.91 Å². The highest BCUT2D eigenvalue weighted by Gasteiger charge is 2.20. The summed E-state index contributed by atoms with van der Waals surface area (Å²) in [6, 6.07) is 9.24. The van der Waals surface area contributed by atoms with Gasteiger partial charge in [0.1, 0.15) is 0 Å². The van der Waals surface area contributed by atoms with Gasteiger partial charge in [0.05, 0.1) is 26.3 Å². The van der Waals surface area contributed by atoms with Crippen molar-refractivity contribution in [3.05, 3.63) is 50.8 Å². The van der Waals surface area contributed by atoms with E-state index in [1.54, 1.807) is 30.9 Å². The summed E-state index contributed by atoms with van der Waals surface area (Å²) in [6.07, 6.45) is 0. The molecule has 0 saturated carbocycles. The SMILES string of the molecule is COc1ccc(Cn2c(O)c(N=O)c3cc(Br)cc(C)c32)cc1OC. The van der Waals surface area contributed by atoms with Crippen molar-refractivity contribution in [1.82, 2.24) is 4.57 Å². The lowest BCUT2D eigenvalue weighted by Crippen LogP contribution is -2.01. The van der Waals surface area contributed by atoms with Crippen molar-refractivity contribution >= 4 is 32.5 Å². The average molecular weight is 405 g/mol. The molecule has 0 saturated heterocycles. The molecule has 1 heterocycles. The van der Waals surface area contributed by atoms with Crippen LogP contribution in [0, 0.1) is 11.8 Å². The fourth-order valence-corrected chi connectivity index (χ4v) is 3.61. The van der Waals surface area contributed by atoms with E-state index in [0.29, 0.717) is 23.4 Å². The molecule has 0 aliphatic carbocycles. The summed E-state index contributed by atoms with van der Waals surface area (Å²) in [5, 5.41) is 14.1. The number of methoxy groups -OCH3 is 2. The standard InChI is InChI=1S/C18H17BrN2O4/c1-10-6-12(19)8-13-16(20-23)18(22)21(17(10)13)9-11-4-5-14(24-2)15(7-11)25-3/h4-8,22H,9H2,1-3H3. The topological polar surface area (TPSA) is 73.0 Å². The summed E-state index contributed by atoms with van der Waals surface area (Å²) >= 11 is 3.42. The van der Waals surface area contributed by atoms with E-state index in [1.165, 1.54) is 0 Å². The van der Waals surface area contributed by atoms with E-state index in [2.05, 4.69) is 21.1 Å². The van der Waals surface area contributed by atoms with Crippen molar-refractivity contribution in [1.29, 1.82) is 0 Å². The van der Waals surface area contributed by atoms with Crippen LogP contribution >= 0.6 is 15.9 Å². The number of hydrogen-bond donors (Lipinski definition) is 1. The molecule has 130 valence electrons. The van der Waals surface area contributed by atoms with Gasteiger partial charge in [-0.05, 0) is 47.5 Å². The largest absolute Gasteiger partial charge is 0.493 e. The predicted octanol–water partition coefficient (Wildman–Crippen LogP) is 4.88. The molecule has 0 amide bonds. The first kappa shape index (κ1) is 17.3. The van der Waals surface area contributed by atoms with E-state index in [1.807, 2.05) is 25.1 Å². The van der Waals surface area contributed by atoms with Crippen LogP contribution in [0.3, 0.4) is 0 Å². The Labute approximate surface area is 153 Å². The van der Waals surface area contributed by atoms with E-state index < -0.39 is 0 Å². The fourth-order valence-electron chi connectivity index (χ4n) is 3.03. The maximum atomic E-state index is 11.2. The minimum absolute atomic E-state index is 0.0416. The zero-order valence-corrected chi connectivity index (χ0v) is 15.6. The quantitative estimate of drug-likeness (QED) is 0.614. The fraction of sp³-hybridized carbons (Fsp3) is 0.222. The Hall–Kier alpha value is -2.54. The number of aromatic nitrogens is 1. The van der Waals surface area contributed by atoms with E-state index in [0.717, 1.165) is 21.1 Å². The van der Waals surface area contributed by atoms with Crippen LogP contribution in [0.15, 0.2) is 40.0 Å².